The third kappa shape index (κ3) is 2.91. The first-order valence-electron chi connectivity index (χ1n) is 8.10. The molecule has 3 aromatic rings. The number of benzene rings is 2. The Labute approximate surface area is 144 Å². The Bertz CT molecular complexity index is 823. The molecule has 0 unspecified atom stereocenters. The lowest BCUT2D eigenvalue weighted by Gasteiger charge is -2.43. The van der Waals surface area contributed by atoms with Crippen LogP contribution in [0.15, 0.2) is 64.2 Å². The second kappa shape index (κ2) is 6.32. The number of para-hydroxylation sites is 2. The van der Waals surface area contributed by atoms with Gasteiger partial charge in [-0.05, 0) is 37.0 Å². The average Bonchev–Trinajstić information content (AvgIpc) is 3.00. The summed E-state index contributed by atoms with van der Waals surface area (Å²) in [5.41, 5.74) is 2.57. The summed E-state index contributed by atoms with van der Waals surface area (Å²) < 4.78 is 5.65. The van der Waals surface area contributed by atoms with E-state index in [0.717, 1.165) is 30.4 Å². The van der Waals surface area contributed by atoms with Crippen LogP contribution >= 0.6 is 11.8 Å². The summed E-state index contributed by atoms with van der Waals surface area (Å²) in [6, 6.07) is 17.8. The molecule has 0 saturated heterocycles. The SMILES string of the molecule is O=C(CSc1nc2ccccc2o1)NC1(c2ccccc2)CCC1. The molecule has 4 rings (SSSR count). The Hall–Kier alpha value is -2.27. The Morgan fingerprint density at radius 3 is 2.58 bits per heavy atom. The van der Waals surface area contributed by atoms with Crippen molar-refractivity contribution < 1.29 is 9.21 Å². The number of nitrogens with one attached hydrogen (secondary N) is 1. The van der Waals surface area contributed by atoms with E-state index in [4.69, 9.17) is 4.42 Å². The molecule has 0 spiro atoms. The number of hydrogen-bond acceptors (Lipinski definition) is 4. The highest BCUT2D eigenvalue weighted by Gasteiger charge is 2.39. The van der Waals surface area contributed by atoms with Crippen LogP contribution in [0, 0.1) is 0 Å². The molecule has 0 bridgehead atoms. The highest BCUT2D eigenvalue weighted by atomic mass is 32.2. The second-order valence-electron chi connectivity index (χ2n) is 6.09. The molecule has 1 heterocycles. The van der Waals surface area contributed by atoms with Gasteiger partial charge >= 0.3 is 0 Å². The van der Waals surface area contributed by atoms with Crippen molar-refractivity contribution in [2.24, 2.45) is 0 Å². The minimum atomic E-state index is -0.194. The van der Waals surface area contributed by atoms with Crippen molar-refractivity contribution in [2.45, 2.75) is 30.0 Å². The summed E-state index contributed by atoms with van der Waals surface area (Å²) in [4.78, 5) is 16.8. The Kier molecular flexibility index (Phi) is 4.02. The van der Waals surface area contributed by atoms with Gasteiger partial charge in [0, 0.05) is 0 Å². The monoisotopic (exact) mass is 338 g/mol. The number of carbonyl (C=O) groups is 1. The summed E-state index contributed by atoms with van der Waals surface area (Å²) in [5.74, 6) is 0.326. The number of carbonyl (C=O) groups excluding carboxylic acids is 1. The van der Waals surface area contributed by atoms with Crippen molar-refractivity contribution in [3.63, 3.8) is 0 Å². The molecule has 1 saturated carbocycles. The number of thioether (sulfide) groups is 1. The van der Waals surface area contributed by atoms with Crippen molar-refractivity contribution in [1.29, 1.82) is 0 Å². The zero-order chi connectivity index (χ0) is 16.4. The van der Waals surface area contributed by atoms with Crippen molar-refractivity contribution in [1.82, 2.24) is 10.3 Å². The van der Waals surface area contributed by atoms with Gasteiger partial charge in [0.15, 0.2) is 5.58 Å². The minimum Gasteiger partial charge on any atom is -0.431 e. The van der Waals surface area contributed by atoms with Crippen LogP contribution in [0.3, 0.4) is 0 Å². The van der Waals surface area contributed by atoms with Gasteiger partial charge in [0.2, 0.25) is 5.91 Å². The van der Waals surface area contributed by atoms with E-state index in [1.807, 2.05) is 42.5 Å². The Balaban J connectivity index is 1.41. The summed E-state index contributed by atoms with van der Waals surface area (Å²) in [7, 11) is 0. The van der Waals surface area contributed by atoms with Gasteiger partial charge in [0.05, 0.1) is 11.3 Å². The standard InChI is InChI=1S/C19H18N2O2S/c22-17(13-24-18-20-15-9-4-5-10-16(15)23-18)21-19(11-6-12-19)14-7-2-1-3-8-14/h1-5,7-10H,6,11-13H2,(H,21,22). The lowest BCUT2D eigenvalue weighted by atomic mass is 9.72. The first kappa shape index (κ1) is 15.3. The van der Waals surface area contributed by atoms with Gasteiger partial charge in [-0.1, -0.05) is 54.2 Å². The molecule has 4 nitrogen and oxygen atoms in total. The molecule has 0 radical (unpaired) electrons. The molecule has 2 aromatic carbocycles. The highest BCUT2D eigenvalue weighted by molar-refractivity contribution is 7.99. The van der Waals surface area contributed by atoms with E-state index in [0.29, 0.717) is 11.0 Å². The minimum absolute atomic E-state index is 0.0193. The van der Waals surface area contributed by atoms with Crippen molar-refractivity contribution in [3.8, 4) is 0 Å². The predicted molar refractivity (Wildman–Crippen MR) is 94.8 cm³/mol. The summed E-state index contributed by atoms with van der Waals surface area (Å²) in [6.45, 7) is 0. The summed E-state index contributed by atoms with van der Waals surface area (Å²) in [6.07, 6.45) is 3.14. The molecular weight excluding hydrogens is 320 g/mol. The number of rotatable bonds is 5. The van der Waals surface area contributed by atoms with Gasteiger partial charge in [-0.2, -0.15) is 0 Å². The molecule has 24 heavy (non-hydrogen) atoms. The van der Waals surface area contributed by atoms with Crippen LogP contribution in [0.4, 0.5) is 0 Å². The van der Waals surface area contributed by atoms with Crippen LogP contribution in [0.1, 0.15) is 24.8 Å². The first-order chi connectivity index (χ1) is 11.8. The molecular formula is C19H18N2O2S. The topological polar surface area (TPSA) is 55.1 Å². The van der Waals surface area contributed by atoms with Gasteiger partial charge in [-0.15, -0.1) is 0 Å². The number of oxazole rings is 1. The molecule has 1 N–H and O–H groups in total. The molecule has 1 amide bonds. The van der Waals surface area contributed by atoms with Crippen LogP contribution in [0.5, 0.6) is 0 Å². The van der Waals surface area contributed by atoms with E-state index in [2.05, 4.69) is 22.4 Å². The maximum absolute atomic E-state index is 12.4. The van der Waals surface area contributed by atoms with E-state index in [-0.39, 0.29) is 11.4 Å². The third-order valence-corrected chi connectivity index (χ3v) is 5.34. The molecule has 1 fully saturated rings. The molecule has 5 heteroatoms. The summed E-state index contributed by atoms with van der Waals surface area (Å²) >= 11 is 1.33. The van der Waals surface area contributed by atoms with Crippen LogP contribution in [0.2, 0.25) is 0 Å². The third-order valence-electron chi connectivity index (χ3n) is 4.51. The number of hydrogen-bond donors (Lipinski definition) is 1. The zero-order valence-electron chi connectivity index (χ0n) is 13.2. The fraction of sp³-hybridized carbons (Fsp3) is 0.263. The van der Waals surface area contributed by atoms with Crippen LogP contribution in [-0.4, -0.2) is 16.6 Å². The lowest BCUT2D eigenvalue weighted by Crippen LogP contribution is -2.51. The van der Waals surface area contributed by atoms with Gasteiger partial charge in [-0.3, -0.25) is 4.79 Å². The molecule has 1 aliphatic rings. The van der Waals surface area contributed by atoms with Crippen molar-refractivity contribution in [3.05, 3.63) is 60.2 Å². The predicted octanol–water partition coefficient (Wildman–Crippen LogP) is 4.12. The average molecular weight is 338 g/mol. The van der Waals surface area contributed by atoms with E-state index in [1.165, 1.54) is 17.3 Å². The van der Waals surface area contributed by atoms with Crippen molar-refractivity contribution >= 4 is 28.8 Å². The number of fused-ring (bicyclic) bond motifs is 1. The fourth-order valence-corrected chi connectivity index (χ4v) is 3.75. The van der Waals surface area contributed by atoms with E-state index in [9.17, 15) is 4.79 Å². The maximum Gasteiger partial charge on any atom is 0.257 e. The molecule has 1 aliphatic carbocycles. The zero-order valence-corrected chi connectivity index (χ0v) is 14.0. The Morgan fingerprint density at radius 2 is 1.88 bits per heavy atom. The lowest BCUT2D eigenvalue weighted by molar-refractivity contribution is -0.121. The molecule has 1 aromatic heterocycles. The van der Waals surface area contributed by atoms with E-state index in [1.54, 1.807) is 0 Å². The van der Waals surface area contributed by atoms with Crippen molar-refractivity contribution in [2.75, 3.05) is 5.75 Å². The second-order valence-corrected chi connectivity index (χ2v) is 7.01. The normalized spacial score (nSPS) is 15.8. The fourth-order valence-electron chi connectivity index (χ4n) is 3.12. The molecule has 122 valence electrons. The van der Waals surface area contributed by atoms with Crippen LogP contribution in [0.25, 0.3) is 11.1 Å². The van der Waals surface area contributed by atoms with E-state index >= 15 is 0 Å². The number of nitrogens with zero attached hydrogens (tertiary/aromatic N) is 1. The highest BCUT2D eigenvalue weighted by Crippen LogP contribution is 2.41. The molecule has 0 aliphatic heterocycles. The largest absolute Gasteiger partial charge is 0.431 e. The quantitative estimate of drug-likeness (QED) is 0.711. The van der Waals surface area contributed by atoms with Gasteiger partial charge in [-0.25, -0.2) is 4.98 Å². The number of aromatic nitrogens is 1. The molecule has 0 atom stereocenters. The number of amides is 1. The first-order valence-corrected chi connectivity index (χ1v) is 9.09. The van der Waals surface area contributed by atoms with Gasteiger partial charge < -0.3 is 9.73 Å². The van der Waals surface area contributed by atoms with Crippen LogP contribution in [-0.2, 0) is 10.3 Å². The summed E-state index contributed by atoms with van der Waals surface area (Å²) in [5, 5.41) is 3.76. The van der Waals surface area contributed by atoms with Crippen LogP contribution < -0.4 is 5.32 Å². The van der Waals surface area contributed by atoms with Gasteiger partial charge in [0.25, 0.3) is 5.22 Å². The Morgan fingerprint density at radius 1 is 1.12 bits per heavy atom. The maximum atomic E-state index is 12.4. The smallest absolute Gasteiger partial charge is 0.257 e. The van der Waals surface area contributed by atoms with Gasteiger partial charge in [0.1, 0.15) is 5.52 Å². The van der Waals surface area contributed by atoms with E-state index < -0.39 is 0 Å².